The molecular formula is C21H21BrN2O3. The van der Waals surface area contributed by atoms with E-state index in [1.165, 1.54) is 0 Å². The van der Waals surface area contributed by atoms with Crippen molar-refractivity contribution in [2.24, 2.45) is 0 Å². The summed E-state index contributed by atoms with van der Waals surface area (Å²) in [7, 11) is 1.56. The maximum absolute atomic E-state index is 12.5. The fraction of sp³-hybridized carbons (Fsp3) is 0.190. The number of methoxy groups -OCH3 is 1. The third-order valence-corrected chi connectivity index (χ3v) is 4.39. The average Bonchev–Trinajstić information content (AvgIpc) is 2.69. The van der Waals surface area contributed by atoms with E-state index in [-0.39, 0.29) is 29.0 Å². The summed E-state index contributed by atoms with van der Waals surface area (Å²) >= 11 is 0. The first-order chi connectivity index (χ1) is 12.5. The van der Waals surface area contributed by atoms with Crippen LogP contribution in [0.2, 0.25) is 0 Å². The van der Waals surface area contributed by atoms with Crippen molar-refractivity contribution in [1.82, 2.24) is 4.57 Å². The number of aromatic nitrogens is 1. The fourth-order valence-corrected chi connectivity index (χ4v) is 2.95. The van der Waals surface area contributed by atoms with E-state index in [0.717, 1.165) is 17.4 Å². The van der Waals surface area contributed by atoms with E-state index >= 15 is 0 Å². The fourth-order valence-electron chi connectivity index (χ4n) is 2.95. The Hall–Kier alpha value is -2.73. The van der Waals surface area contributed by atoms with Gasteiger partial charge in [0.2, 0.25) is 11.6 Å². The lowest BCUT2D eigenvalue weighted by Gasteiger charge is -2.14. The molecule has 0 aliphatic rings. The van der Waals surface area contributed by atoms with E-state index in [1.807, 2.05) is 18.2 Å². The molecule has 3 aromatic rings. The number of nitrogens with one attached hydrogen (secondary N) is 1. The number of aryl methyl sites for hydroxylation is 1. The standard InChI is InChI=1S/C21H20N2O3.BrH/c1-3-14-9-10-17-16(11-14)19(26-2)12-20(22)23(17)13-18(24)21(25)15-7-5-4-6-8-15;/h4-12,22H,3,13H2,1-2H3;1H. The van der Waals surface area contributed by atoms with Crippen LogP contribution in [0.15, 0.2) is 54.6 Å². The first-order valence-electron chi connectivity index (χ1n) is 8.42. The van der Waals surface area contributed by atoms with Crippen LogP contribution in [-0.2, 0) is 17.8 Å². The summed E-state index contributed by atoms with van der Waals surface area (Å²) in [6.45, 7) is 1.88. The molecule has 0 atom stereocenters. The Morgan fingerprint density at radius 1 is 1.07 bits per heavy atom. The molecule has 5 nitrogen and oxygen atoms in total. The summed E-state index contributed by atoms with van der Waals surface area (Å²) in [6, 6.07) is 15.9. The maximum Gasteiger partial charge on any atom is 0.230 e. The quantitative estimate of drug-likeness (QED) is 0.480. The monoisotopic (exact) mass is 428 g/mol. The smallest absolute Gasteiger partial charge is 0.230 e. The van der Waals surface area contributed by atoms with Crippen molar-refractivity contribution in [3.8, 4) is 5.75 Å². The van der Waals surface area contributed by atoms with Crippen LogP contribution < -0.4 is 10.2 Å². The molecule has 2 aromatic carbocycles. The van der Waals surface area contributed by atoms with Crippen LogP contribution in [0.25, 0.3) is 10.9 Å². The van der Waals surface area contributed by atoms with Gasteiger partial charge in [-0.2, -0.15) is 0 Å². The number of hydrogen-bond acceptors (Lipinski definition) is 4. The number of nitrogens with zero attached hydrogens (tertiary/aromatic N) is 1. The summed E-state index contributed by atoms with van der Waals surface area (Å²) in [5.41, 5.74) is 2.30. The van der Waals surface area contributed by atoms with Gasteiger partial charge in [-0.3, -0.25) is 15.0 Å². The average molecular weight is 429 g/mol. The molecule has 0 saturated heterocycles. The highest BCUT2D eigenvalue weighted by Crippen LogP contribution is 2.25. The van der Waals surface area contributed by atoms with Gasteiger partial charge < -0.3 is 9.30 Å². The molecule has 1 aromatic heterocycles. The second-order valence-electron chi connectivity index (χ2n) is 6.01. The highest BCUT2D eigenvalue weighted by molar-refractivity contribution is 8.93. The van der Waals surface area contributed by atoms with Crippen molar-refractivity contribution in [3.63, 3.8) is 0 Å². The Bertz CT molecular complexity index is 1040. The van der Waals surface area contributed by atoms with E-state index in [0.29, 0.717) is 16.8 Å². The molecule has 3 rings (SSSR count). The first kappa shape index (κ1) is 20.6. The number of halogens is 1. The molecular weight excluding hydrogens is 408 g/mol. The van der Waals surface area contributed by atoms with Crippen molar-refractivity contribution in [2.75, 3.05) is 7.11 Å². The number of benzene rings is 2. The van der Waals surface area contributed by atoms with Crippen LogP contribution >= 0.6 is 17.0 Å². The molecule has 0 bridgehead atoms. The zero-order valence-electron chi connectivity index (χ0n) is 15.2. The lowest BCUT2D eigenvalue weighted by molar-refractivity contribution is -0.115. The molecule has 0 radical (unpaired) electrons. The summed E-state index contributed by atoms with van der Waals surface area (Å²) < 4.78 is 6.94. The van der Waals surface area contributed by atoms with E-state index in [4.69, 9.17) is 10.1 Å². The van der Waals surface area contributed by atoms with Gasteiger partial charge in [0.15, 0.2) is 0 Å². The van der Waals surface area contributed by atoms with Crippen molar-refractivity contribution < 1.29 is 14.3 Å². The topological polar surface area (TPSA) is 72.2 Å². The molecule has 0 unspecified atom stereocenters. The van der Waals surface area contributed by atoms with Crippen LogP contribution in [0.4, 0.5) is 0 Å². The number of Topliss-reactive ketones (excluding diaryl/α,β-unsaturated/α-hetero) is 2. The molecule has 0 aliphatic heterocycles. The Kier molecular flexibility index (Phi) is 6.69. The van der Waals surface area contributed by atoms with Gasteiger partial charge in [-0.25, -0.2) is 0 Å². The van der Waals surface area contributed by atoms with E-state index < -0.39 is 11.6 Å². The van der Waals surface area contributed by atoms with Crippen LogP contribution in [0.1, 0.15) is 22.8 Å². The van der Waals surface area contributed by atoms with Crippen LogP contribution in [0, 0.1) is 5.41 Å². The number of hydrogen-bond donors (Lipinski definition) is 1. The SMILES string of the molecule is Br.CCc1ccc2c(c1)c(OC)cc(=N)n2CC(=O)C(=O)c1ccccc1. The predicted molar refractivity (Wildman–Crippen MR) is 110 cm³/mol. The van der Waals surface area contributed by atoms with Gasteiger partial charge >= 0.3 is 0 Å². The van der Waals surface area contributed by atoms with Gasteiger partial charge in [-0.15, -0.1) is 17.0 Å². The van der Waals surface area contributed by atoms with Crippen molar-refractivity contribution in [3.05, 3.63) is 71.2 Å². The van der Waals surface area contributed by atoms with Crippen molar-refractivity contribution >= 4 is 39.5 Å². The number of rotatable bonds is 6. The van der Waals surface area contributed by atoms with Gasteiger partial charge in [0.1, 0.15) is 11.2 Å². The zero-order valence-corrected chi connectivity index (χ0v) is 16.9. The van der Waals surface area contributed by atoms with Gasteiger partial charge in [0.25, 0.3) is 0 Å². The first-order valence-corrected chi connectivity index (χ1v) is 8.42. The summed E-state index contributed by atoms with van der Waals surface area (Å²) in [5, 5.41) is 9.08. The molecule has 27 heavy (non-hydrogen) atoms. The molecule has 0 aliphatic carbocycles. The van der Waals surface area contributed by atoms with E-state index in [9.17, 15) is 9.59 Å². The largest absolute Gasteiger partial charge is 0.496 e. The molecule has 0 fully saturated rings. The number of carbonyl (C=O) groups excluding carboxylic acids is 2. The Morgan fingerprint density at radius 3 is 2.41 bits per heavy atom. The summed E-state index contributed by atoms with van der Waals surface area (Å²) in [6.07, 6.45) is 0.868. The molecule has 0 spiro atoms. The van der Waals surface area contributed by atoms with Crippen LogP contribution in [0.3, 0.4) is 0 Å². The Labute approximate surface area is 167 Å². The van der Waals surface area contributed by atoms with Crippen molar-refractivity contribution in [2.45, 2.75) is 19.9 Å². The van der Waals surface area contributed by atoms with Crippen LogP contribution in [-0.4, -0.2) is 23.2 Å². The highest BCUT2D eigenvalue weighted by Gasteiger charge is 2.18. The Morgan fingerprint density at radius 2 is 1.78 bits per heavy atom. The minimum absolute atomic E-state index is 0. The molecule has 0 amide bonds. The normalized spacial score (nSPS) is 10.3. The Balaban J connectivity index is 0.00000261. The third-order valence-electron chi connectivity index (χ3n) is 4.39. The third kappa shape index (κ3) is 4.17. The predicted octanol–water partition coefficient (Wildman–Crippen LogP) is 3.72. The molecule has 1 N–H and O–H groups in total. The summed E-state index contributed by atoms with van der Waals surface area (Å²) in [4.78, 5) is 24.9. The van der Waals surface area contributed by atoms with Gasteiger partial charge in [-0.1, -0.05) is 43.3 Å². The number of ether oxygens (including phenoxy) is 1. The lowest BCUT2D eigenvalue weighted by atomic mass is 10.1. The minimum Gasteiger partial charge on any atom is -0.496 e. The van der Waals surface area contributed by atoms with Gasteiger partial charge in [-0.05, 0) is 24.1 Å². The minimum atomic E-state index is -0.555. The maximum atomic E-state index is 12.5. The second kappa shape index (κ2) is 8.77. The second-order valence-corrected chi connectivity index (χ2v) is 6.01. The van der Waals surface area contributed by atoms with Crippen LogP contribution in [0.5, 0.6) is 5.75 Å². The van der Waals surface area contributed by atoms with Gasteiger partial charge in [0, 0.05) is 17.0 Å². The van der Waals surface area contributed by atoms with E-state index in [2.05, 4.69) is 6.92 Å². The number of ketones is 2. The molecule has 6 heteroatoms. The molecule has 0 saturated carbocycles. The lowest BCUT2D eigenvalue weighted by Crippen LogP contribution is -2.28. The zero-order chi connectivity index (χ0) is 18.7. The highest BCUT2D eigenvalue weighted by atomic mass is 79.9. The van der Waals surface area contributed by atoms with Gasteiger partial charge in [0.05, 0.1) is 19.2 Å². The number of carbonyl (C=O) groups is 2. The molecule has 1 heterocycles. The molecule has 140 valence electrons. The number of pyridine rings is 1. The summed E-state index contributed by atoms with van der Waals surface area (Å²) in [5.74, 6) is -0.522. The van der Waals surface area contributed by atoms with E-state index in [1.54, 1.807) is 48.1 Å². The number of fused-ring (bicyclic) bond motifs is 1. The van der Waals surface area contributed by atoms with Crippen molar-refractivity contribution in [1.29, 1.82) is 5.41 Å².